The maximum atomic E-state index is 13.6. The topological polar surface area (TPSA) is 15.3 Å². The first kappa shape index (κ1) is 14.0. The fourth-order valence-corrected chi connectivity index (χ4v) is 3.87. The van der Waals surface area contributed by atoms with Crippen LogP contribution >= 0.6 is 22.9 Å². The first-order chi connectivity index (χ1) is 9.74. The molecule has 20 heavy (non-hydrogen) atoms. The molecule has 2 nitrogen and oxygen atoms in total. The normalized spacial score (nSPS) is 18.1. The Hall–Kier alpha value is -0.940. The van der Waals surface area contributed by atoms with E-state index in [1.165, 1.54) is 10.9 Å². The molecule has 5 heteroatoms. The fourth-order valence-electron chi connectivity index (χ4n) is 2.65. The van der Waals surface area contributed by atoms with Gasteiger partial charge in [-0.3, -0.25) is 4.90 Å². The Labute approximate surface area is 127 Å². The van der Waals surface area contributed by atoms with Crippen LogP contribution in [0.1, 0.15) is 16.5 Å². The van der Waals surface area contributed by atoms with E-state index in [4.69, 9.17) is 11.6 Å². The summed E-state index contributed by atoms with van der Waals surface area (Å²) in [6.07, 6.45) is 0. The van der Waals surface area contributed by atoms with Crippen LogP contribution in [0.5, 0.6) is 0 Å². The molecule has 0 amide bonds. The monoisotopic (exact) mass is 310 g/mol. The molecule has 1 N–H and O–H groups in total. The summed E-state index contributed by atoms with van der Waals surface area (Å²) in [5, 5.41) is 3.35. The predicted molar refractivity (Wildman–Crippen MR) is 82.0 cm³/mol. The third-order valence-corrected chi connectivity index (χ3v) is 4.83. The Morgan fingerprint density at radius 3 is 2.65 bits per heavy atom. The van der Waals surface area contributed by atoms with Crippen LogP contribution in [-0.2, 0) is 0 Å². The Morgan fingerprint density at radius 1 is 1.20 bits per heavy atom. The Balaban J connectivity index is 1.98. The Bertz CT molecular complexity index is 581. The molecule has 0 spiro atoms. The van der Waals surface area contributed by atoms with Crippen molar-refractivity contribution in [3.63, 3.8) is 0 Å². The zero-order valence-corrected chi connectivity index (χ0v) is 12.6. The number of nitrogens with zero attached hydrogens (tertiary/aromatic N) is 1. The molecule has 0 aliphatic carbocycles. The van der Waals surface area contributed by atoms with Gasteiger partial charge < -0.3 is 5.32 Å². The number of thiophene rings is 1. The molecule has 1 aromatic heterocycles. The molecule has 0 radical (unpaired) electrons. The molecule has 1 aromatic carbocycles. The first-order valence-electron chi connectivity index (χ1n) is 6.69. The van der Waals surface area contributed by atoms with E-state index in [1.54, 1.807) is 23.5 Å². The van der Waals surface area contributed by atoms with Crippen molar-refractivity contribution < 1.29 is 4.39 Å². The van der Waals surface area contributed by atoms with Gasteiger partial charge in [-0.1, -0.05) is 23.7 Å². The van der Waals surface area contributed by atoms with Crippen molar-refractivity contribution in [2.75, 3.05) is 26.2 Å². The van der Waals surface area contributed by atoms with Gasteiger partial charge in [0.1, 0.15) is 5.82 Å². The second-order valence-electron chi connectivity index (χ2n) is 4.89. The second-order valence-corrected chi connectivity index (χ2v) is 6.63. The van der Waals surface area contributed by atoms with Crippen molar-refractivity contribution in [3.8, 4) is 0 Å². The molecule has 1 saturated heterocycles. The molecule has 3 rings (SSSR count). The van der Waals surface area contributed by atoms with Crippen molar-refractivity contribution in [1.82, 2.24) is 10.2 Å². The zero-order valence-electron chi connectivity index (χ0n) is 11.0. The number of nitrogens with one attached hydrogen (secondary N) is 1. The van der Waals surface area contributed by atoms with Gasteiger partial charge in [0.05, 0.1) is 10.4 Å². The van der Waals surface area contributed by atoms with Crippen LogP contribution in [0.2, 0.25) is 4.34 Å². The summed E-state index contributed by atoms with van der Waals surface area (Å²) in [4.78, 5) is 3.55. The van der Waals surface area contributed by atoms with Crippen molar-refractivity contribution in [2.24, 2.45) is 0 Å². The number of halogens is 2. The summed E-state index contributed by atoms with van der Waals surface area (Å²) in [5.74, 6) is -0.190. The van der Waals surface area contributed by atoms with E-state index < -0.39 is 0 Å². The lowest BCUT2D eigenvalue weighted by Gasteiger charge is -2.34. The average molecular weight is 311 g/mol. The van der Waals surface area contributed by atoms with E-state index in [1.807, 2.05) is 18.2 Å². The molecule has 0 bridgehead atoms. The van der Waals surface area contributed by atoms with E-state index in [0.29, 0.717) is 0 Å². The summed E-state index contributed by atoms with van der Waals surface area (Å²) in [6, 6.07) is 10.9. The molecular formula is C15H16ClFN2S. The number of benzene rings is 1. The summed E-state index contributed by atoms with van der Waals surface area (Å²) >= 11 is 7.65. The average Bonchev–Trinajstić information content (AvgIpc) is 2.87. The van der Waals surface area contributed by atoms with E-state index in [-0.39, 0.29) is 11.9 Å². The minimum Gasteiger partial charge on any atom is -0.314 e. The summed E-state index contributed by atoms with van der Waals surface area (Å²) in [7, 11) is 0. The van der Waals surface area contributed by atoms with Gasteiger partial charge >= 0.3 is 0 Å². The van der Waals surface area contributed by atoms with Gasteiger partial charge in [-0.15, -0.1) is 11.3 Å². The molecule has 2 heterocycles. The molecule has 1 atom stereocenters. The van der Waals surface area contributed by atoms with Gasteiger partial charge in [-0.2, -0.15) is 0 Å². The van der Waals surface area contributed by atoms with Crippen molar-refractivity contribution in [3.05, 3.63) is 57.0 Å². The minimum atomic E-state index is -0.190. The van der Waals surface area contributed by atoms with E-state index in [2.05, 4.69) is 10.2 Å². The summed E-state index contributed by atoms with van der Waals surface area (Å²) < 4.78 is 14.3. The predicted octanol–water partition coefficient (Wildman–Crippen LogP) is 3.54. The molecular weight excluding hydrogens is 295 g/mol. The van der Waals surface area contributed by atoms with Crippen molar-refractivity contribution >= 4 is 22.9 Å². The van der Waals surface area contributed by atoms with E-state index >= 15 is 0 Å². The first-order valence-corrected chi connectivity index (χ1v) is 7.89. The SMILES string of the molecule is Fc1cccc([C@H](c2ccc(Cl)s2)N2CCNCC2)c1. The van der Waals surface area contributed by atoms with Crippen LogP contribution in [0.15, 0.2) is 36.4 Å². The highest BCUT2D eigenvalue weighted by Gasteiger charge is 2.25. The Kier molecular flexibility index (Phi) is 4.36. The molecule has 0 unspecified atom stereocenters. The maximum absolute atomic E-state index is 13.6. The molecule has 0 saturated carbocycles. The second kappa shape index (κ2) is 6.22. The van der Waals surface area contributed by atoms with Crippen LogP contribution in [-0.4, -0.2) is 31.1 Å². The molecule has 1 fully saturated rings. The molecule has 1 aliphatic rings. The van der Waals surface area contributed by atoms with Crippen molar-refractivity contribution in [1.29, 1.82) is 0 Å². The third-order valence-electron chi connectivity index (χ3n) is 3.54. The van der Waals surface area contributed by atoms with E-state index in [9.17, 15) is 4.39 Å². The van der Waals surface area contributed by atoms with Crippen LogP contribution < -0.4 is 5.32 Å². The van der Waals surface area contributed by atoms with E-state index in [0.717, 1.165) is 36.1 Å². The van der Waals surface area contributed by atoms with Crippen molar-refractivity contribution in [2.45, 2.75) is 6.04 Å². The quantitative estimate of drug-likeness (QED) is 0.933. The highest BCUT2D eigenvalue weighted by Crippen LogP contribution is 2.35. The van der Waals surface area contributed by atoms with Crippen LogP contribution in [0.25, 0.3) is 0 Å². The number of piperazine rings is 1. The smallest absolute Gasteiger partial charge is 0.123 e. The van der Waals surface area contributed by atoms with Gasteiger partial charge in [0.2, 0.25) is 0 Å². The fraction of sp³-hybridized carbons (Fsp3) is 0.333. The maximum Gasteiger partial charge on any atom is 0.123 e. The summed E-state index contributed by atoms with van der Waals surface area (Å²) in [5.41, 5.74) is 0.991. The van der Waals surface area contributed by atoms with Crippen LogP contribution in [0, 0.1) is 5.82 Å². The van der Waals surface area contributed by atoms with Gasteiger partial charge in [-0.05, 0) is 29.8 Å². The van der Waals surface area contributed by atoms with Crippen LogP contribution in [0.4, 0.5) is 4.39 Å². The molecule has 106 valence electrons. The third kappa shape index (κ3) is 3.04. The largest absolute Gasteiger partial charge is 0.314 e. The highest BCUT2D eigenvalue weighted by atomic mass is 35.5. The van der Waals surface area contributed by atoms with Gasteiger partial charge in [0.15, 0.2) is 0 Å². The van der Waals surface area contributed by atoms with Crippen LogP contribution in [0.3, 0.4) is 0 Å². The van der Waals surface area contributed by atoms with Gasteiger partial charge in [0, 0.05) is 31.1 Å². The Morgan fingerprint density at radius 2 is 2.00 bits per heavy atom. The number of hydrogen-bond donors (Lipinski definition) is 1. The standard InChI is InChI=1S/C15H16ClFN2S/c16-14-5-4-13(20-14)15(19-8-6-18-7-9-19)11-2-1-3-12(17)10-11/h1-5,10,15,18H,6-9H2/t15-/m1/s1. The summed E-state index contributed by atoms with van der Waals surface area (Å²) in [6.45, 7) is 3.84. The lowest BCUT2D eigenvalue weighted by molar-refractivity contribution is 0.200. The minimum absolute atomic E-state index is 0.0882. The number of rotatable bonds is 3. The van der Waals surface area contributed by atoms with Gasteiger partial charge in [0.25, 0.3) is 0 Å². The number of hydrogen-bond acceptors (Lipinski definition) is 3. The highest BCUT2D eigenvalue weighted by molar-refractivity contribution is 7.16. The molecule has 1 aliphatic heterocycles. The molecule has 2 aromatic rings. The lowest BCUT2D eigenvalue weighted by Crippen LogP contribution is -2.45. The lowest BCUT2D eigenvalue weighted by atomic mass is 10.0. The van der Waals surface area contributed by atoms with Gasteiger partial charge in [-0.25, -0.2) is 4.39 Å². The zero-order chi connectivity index (χ0) is 13.9.